The Morgan fingerprint density at radius 3 is 2.32 bits per heavy atom. The lowest BCUT2D eigenvalue weighted by Crippen LogP contribution is -1.99. The Labute approximate surface area is 128 Å². The maximum atomic E-state index is 11.5. The number of benzene rings is 3. The largest absolute Gasteiger partial charge is 0.506 e. The minimum Gasteiger partial charge on any atom is -0.506 e. The van der Waals surface area contributed by atoms with Crippen molar-refractivity contribution in [1.82, 2.24) is 0 Å². The van der Waals surface area contributed by atoms with Gasteiger partial charge in [0.25, 0.3) is 0 Å². The van der Waals surface area contributed by atoms with Crippen LogP contribution in [0, 0.1) is 13.8 Å². The molecular formula is C19H16O3. The minimum atomic E-state index is -1.13. The van der Waals surface area contributed by atoms with Gasteiger partial charge in [0.05, 0.1) is 0 Å². The van der Waals surface area contributed by atoms with Gasteiger partial charge in [-0.3, -0.25) is 0 Å². The topological polar surface area (TPSA) is 57.5 Å². The third-order valence-corrected chi connectivity index (χ3v) is 3.86. The van der Waals surface area contributed by atoms with Crippen LogP contribution < -0.4 is 0 Å². The number of aromatic hydroxyl groups is 1. The molecule has 3 nitrogen and oxygen atoms in total. The first-order valence-corrected chi connectivity index (χ1v) is 7.04. The van der Waals surface area contributed by atoms with Crippen molar-refractivity contribution in [2.45, 2.75) is 13.8 Å². The molecule has 0 radical (unpaired) electrons. The van der Waals surface area contributed by atoms with Gasteiger partial charge in [0.1, 0.15) is 11.3 Å². The lowest BCUT2D eigenvalue weighted by molar-refractivity contribution is 0.0694. The van der Waals surface area contributed by atoms with Crippen molar-refractivity contribution in [2.75, 3.05) is 0 Å². The van der Waals surface area contributed by atoms with Gasteiger partial charge < -0.3 is 10.2 Å². The number of aromatic carboxylic acids is 1. The molecule has 0 aliphatic carbocycles. The zero-order valence-electron chi connectivity index (χ0n) is 12.4. The quantitative estimate of drug-likeness (QED) is 0.729. The van der Waals surface area contributed by atoms with Crippen molar-refractivity contribution in [1.29, 1.82) is 0 Å². The molecule has 0 atom stereocenters. The first-order valence-electron chi connectivity index (χ1n) is 7.04. The van der Waals surface area contributed by atoms with Crippen LogP contribution in [0.25, 0.3) is 21.9 Å². The molecule has 0 aliphatic rings. The average molecular weight is 292 g/mol. The summed E-state index contributed by atoms with van der Waals surface area (Å²) in [5, 5.41) is 21.2. The average Bonchev–Trinajstić information content (AvgIpc) is 2.48. The molecular weight excluding hydrogens is 276 g/mol. The SMILES string of the molecule is Cc1cc(C)c2c(-c3ccccc3)cc(C(=O)O)c(O)c2c1. The van der Waals surface area contributed by atoms with E-state index in [0.717, 1.165) is 27.6 Å². The lowest BCUT2D eigenvalue weighted by atomic mass is 9.91. The van der Waals surface area contributed by atoms with Gasteiger partial charge in [0.2, 0.25) is 0 Å². The van der Waals surface area contributed by atoms with Crippen molar-refractivity contribution < 1.29 is 15.0 Å². The van der Waals surface area contributed by atoms with Crippen molar-refractivity contribution in [2.24, 2.45) is 0 Å². The van der Waals surface area contributed by atoms with E-state index in [-0.39, 0.29) is 11.3 Å². The van der Waals surface area contributed by atoms with E-state index in [9.17, 15) is 15.0 Å². The van der Waals surface area contributed by atoms with Crippen LogP contribution in [-0.4, -0.2) is 16.2 Å². The van der Waals surface area contributed by atoms with Crippen LogP contribution in [0.15, 0.2) is 48.5 Å². The number of phenols is 1. The zero-order chi connectivity index (χ0) is 15.9. The lowest BCUT2D eigenvalue weighted by Gasteiger charge is -2.14. The summed E-state index contributed by atoms with van der Waals surface area (Å²) in [5.41, 5.74) is 3.68. The molecule has 2 N–H and O–H groups in total. The summed E-state index contributed by atoms with van der Waals surface area (Å²) in [7, 11) is 0. The normalized spacial score (nSPS) is 10.8. The number of aryl methyl sites for hydroxylation is 2. The Balaban J connectivity index is 2.50. The van der Waals surface area contributed by atoms with Crippen molar-refractivity contribution in [3.8, 4) is 16.9 Å². The Hall–Kier alpha value is -2.81. The van der Waals surface area contributed by atoms with Gasteiger partial charge in [-0.1, -0.05) is 42.0 Å². The number of fused-ring (bicyclic) bond motifs is 1. The molecule has 0 unspecified atom stereocenters. The van der Waals surface area contributed by atoms with Gasteiger partial charge in [-0.25, -0.2) is 4.79 Å². The molecule has 3 aromatic carbocycles. The standard InChI is InChI=1S/C19H16O3/c1-11-8-12(2)17-14(13-6-4-3-5-7-13)10-16(19(21)22)18(20)15(17)9-11/h3-10,20H,1-2H3,(H,21,22). The van der Waals surface area contributed by atoms with Crippen LogP contribution in [0.4, 0.5) is 0 Å². The highest BCUT2D eigenvalue weighted by molar-refractivity contribution is 6.08. The highest BCUT2D eigenvalue weighted by atomic mass is 16.4. The molecule has 0 aliphatic heterocycles. The first-order chi connectivity index (χ1) is 10.5. The Morgan fingerprint density at radius 2 is 1.68 bits per heavy atom. The number of hydrogen-bond acceptors (Lipinski definition) is 2. The molecule has 22 heavy (non-hydrogen) atoms. The fourth-order valence-electron chi connectivity index (χ4n) is 2.95. The molecule has 0 aromatic heterocycles. The maximum absolute atomic E-state index is 11.5. The molecule has 3 heteroatoms. The molecule has 0 saturated carbocycles. The van der Waals surface area contributed by atoms with Crippen LogP contribution in [0.5, 0.6) is 5.75 Å². The number of rotatable bonds is 2. The highest BCUT2D eigenvalue weighted by Gasteiger charge is 2.18. The molecule has 0 heterocycles. The van der Waals surface area contributed by atoms with E-state index >= 15 is 0 Å². The van der Waals surface area contributed by atoms with Gasteiger partial charge >= 0.3 is 5.97 Å². The van der Waals surface area contributed by atoms with Crippen molar-refractivity contribution in [3.05, 3.63) is 65.2 Å². The summed E-state index contributed by atoms with van der Waals surface area (Å²) in [6, 6.07) is 15.0. The van der Waals surface area contributed by atoms with Gasteiger partial charge in [-0.2, -0.15) is 0 Å². The minimum absolute atomic E-state index is 0.0728. The Kier molecular flexibility index (Phi) is 3.33. The van der Waals surface area contributed by atoms with E-state index in [4.69, 9.17) is 0 Å². The fraction of sp³-hybridized carbons (Fsp3) is 0.105. The molecule has 0 spiro atoms. The van der Waals surface area contributed by atoms with Crippen LogP contribution in [0.1, 0.15) is 21.5 Å². The zero-order valence-corrected chi connectivity index (χ0v) is 12.4. The third kappa shape index (κ3) is 2.21. The smallest absolute Gasteiger partial charge is 0.339 e. The summed E-state index contributed by atoms with van der Waals surface area (Å²) < 4.78 is 0. The van der Waals surface area contributed by atoms with Crippen molar-refractivity contribution in [3.63, 3.8) is 0 Å². The Morgan fingerprint density at radius 1 is 1.00 bits per heavy atom. The van der Waals surface area contributed by atoms with E-state index in [2.05, 4.69) is 0 Å². The summed E-state index contributed by atoms with van der Waals surface area (Å²) in [6.45, 7) is 3.91. The summed E-state index contributed by atoms with van der Waals surface area (Å²) >= 11 is 0. The van der Waals surface area contributed by atoms with E-state index in [1.807, 2.05) is 56.3 Å². The summed E-state index contributed by atoms with van der Waals surface area (Å²) in [4.78, 5) is 11.5. The summed E-state index contributed by atoms with van der Waals surface area (Å²) in [5.74, 6) is -1.30. The number of carbonyl (C=O) groups is 1. The number of carboxylic acid groups (broad SMARTS) is 1. The van der Waals surface area contributed by atoms with Gasteiger partial charge in [-0.15, -0.1) is 0 Å². The maximum Gasteiger partial charge on any atom is 0.339 e. The first kappa shape index (κ1) is 14.1. The van der Waals surface area contributed by atoms with Crippen LogP contribution in [0.3, 0.4) is 0 Å². The van der Waals surface area contributed by atoms with E-state index < -0.39 is 5.97 Å². The van der Waals surface area contributed by atoms with Crippen LogP contribution in [0.2, 0.25) is 0 Å². The third-order valence-electron chi connectivity index (χ3n) is 3.86. The van der Waals surface area contributed by atoms with Crippen LogP contribution in [-0.2, 0) is 0 Å². The molecule has 3 aromatic rings. The van der Waals surface area contributed by atoms with Crippen LogP contribution >= 0.6 is 0 Å². The van der Waals surface area contributed by atoms with Gasteiger partial charge in [-0.05, 0) is 48.1 Å². The molecule has 0 amide bonds. The fourth-order valence-corrected chi connectivity index (χ4v) is 2.95. The molecule has 110 valence electrons. The molecule has 0 fully saturated rings. The second-order valence-corrected chi connectivity index (χ2v) is 5.50. The molecule has 0 saturated heterocycles. The van der Waals surface area contributed by atoms with Crippen molar-refractivity contribution >= 4 is 16.7 Å². The van der Waals surface area contributed by atoms with E-state index in [0.29, 0.717) is 5.39 Å². The number of hydrogen-bond donors (Lipinski definition) is 2. The second-order valence-electron chi connectivity index (χ2n) is 5.50. The Bertz CT molecular complexity index is 880. The van der Waals surface area contributed by atoms with Gasteiger partial charge in [0.15, 0.2) is 0 Å². The van der Waals surface area contributed by atoms with E-state index in [1.165, 1.54) is 0 Å². The monoisotopic (exact) mass is 292 g/mol. The highest BCUT2D eigenvalue weighted by Crippen LogP contribution is 2.39. The predicted molar refractivity (Wildman–Crippen MR) is 87.5 cm³/mol. The van der Waals surface area contributed by atoms with E-state index in [1.54, 1.807) is 6.07 Å². The predicted octanol–water partition coefficient (Wildman–Crippen LogP) is 4.53. The van der Waals surface area contributed by atoms with Gasteiger partial charge in [0, 0.05) is 5.39 Å². The molecule has 3 rings (SSSR count). The molecule has 0 bridgehead atoms. The second kappa shape index (κ2) is 5.19. The number of carboxylic acids is 1. The summed E-state index contributed by atoms with van der Waals surface area (Å²) in [6.07, 6.45) is 0.